The third kappa shape index (κ3) is 7.05. The number of carbonyl (C=O) groups is 1. The van der Waals surface area contributed by atoms with Crippen LogP contribution in [0.2, 0.25) is 0 Å². The number of carbonyl (C=O) groups excluding carboxylic acids is 1. The summed E-state index contributed by atoms with van der Waals surface area (Å²) < 4.78 is 25.2. The van der Waals surface area contributed by atoms with E-state index >= 15 is 0 Å². The number of hydrogen-bond acceptors (Lipinski definition) is 6. The Labute approximate surface area is 229 Å². The molecule has 0 radical (unpaired) electrons. The average molecular weight is 579 g/mol. The first-order chi connectivity index (χ1) is 18.5. The normalized spacial score (nSPS) is 14.4. The maximum Gasteiger partial charge on any atom is 0.241 e. The third-order valence-corrected chi connectivity index (χ3v) is 7.13. The van der Waals surface area contributed by atoms with Gasteiger partial charge in [0.2, 0.25) is 17.6 Å². The van der Waals surface area contributed by atoms with Crippen LogP contribution in [0.3, 0.4) is 0 Å². The van der Waals surface area contributed by atoms with Gasteiger partial charge in [-0.25, -0.2) is 4.39 Å². The van der Waals surface area contributed by atoms with E-state index in [9.17, 15) is 9.18 Å². The highest BCUT2D eigenvalue weighted by Crippen LogP contribution is 2.22. The van der Waals surface area contributed by atoms with Gasteiger partial charge in [-0.2, -0.15) is 4.98 Å². The first-order valence-corrected chi connectivity index (χ1v) is 13.4. The monoisotopic (exact) mass is 578 g/mol. The molecule has 4 aromatic rings. The van der Waals surface area contributed by atoms with Crippen molar-refractivity contribution in [3.63, 3.8) is 0 Å². The molecule has 0 unspecified atom stereocenters. The van der Waals surface area contributed by atoms with E-state index in [2.05, 4.69) is 36.3 Å². The molecule has 196 valence electrons. The number of hydrogen-bond donors (Lipinski definition) is 1. The van der Waals surface area contributed by atoms with Gasteiger partial charge in [0, 0.05) is 22.5 Å². The van der Waals surface area contributed by atoms with Gasteiger partial charge >= 0.3 is 0 Å². The van der Waals surface area contributed by atoms with Crippen LogP contribution >= 0.6 is 15.9 Å². The molecule has 7 nitrogen and oxygen atoms in total. The molecule has 1 aromatic heterocycles. The maximum absolute atomic E-state index is 13.0. The van der Waals surface area contributed by atoms with Gasteiger partial charge in [0.25, 0.3) is 0 Å². The predicted octanol–water partition coefficient (Wildman–Crippen LogP) is 5.75. The van der Waals surface area contributed by atoms with Crippen molar-refractivity contribution in [3.8, 4) is 17.1 Å². The molecular formula is C29H28BrFN4O3. The lowest BCUT2D eigenvalue weighted by Gasteiger charge is -2.30. The Kier molecular flexibility index (Phi) is 8.45. The Bertz CT molecular complexity index is 1340. The topological polar surface area (TPSA) is 80.5 Å². The Hall–Kier alpha value is -3.56. The van der Waals surface area contributed by atoms with Crippen LogP contribution in [-0.4, -0.2) is 34.0 Å². The number of ether oxygens (including phenoxy) is 1. The molecule has 9 heteroatoms. The lowest BCUT2D eigenvalue weighted by molar-refractivity contribution is -0.126. The maximum atomic E-state index is 13.0. The highest BCUT2D eigenvalue weighted by Gasteiger charge is 2.26. The van der Waals surface area contributed by atoms with Crippen LogP contribution in [0.5, 0.6) is 5.75 Å². The molecule has 1 fully saturated rings. The van der Waals surface area contributed by atoms with Crippen LogP contribution in [0.1, 0.15) is 29.9 Å². The highest BCUT2D eigenvalue weighted by atomic mass is 79.9. The molecule has 0 atom stereocenters. The van der Waals surface area contributed by atoms with Gasteiger partial charge in [0.05, 0.1) is 6.54 Å². The van der Waals surface area contributed by atoms with Crippen LogP contribution in [0, 0.1) is 11.7 Å². The summed E-state index contributed by atoms with van der Waals surface area (Å²) in [5, 5.41) is 7.16. The van der Waals surface area contributed by atoms with Gasteiger partial charge in [0.15, 0.2) is 0 Å². The molecule has 5 rings (SSSR count). The summed E-state index contributed by atoms with van der Waals surface area (Å²) in [6.45, 7) is 3.02. The van der Waals surface area contributed by atoms with Crippen molar-refractivity contribution in [3.05, 3.63) is 100 Å². The molecule has 3 aromatic carbocycles. The SMILES string of the molecule is O=C(NCc1ccc(OCc2ccc(F)cc2)cc1)C1CCN(Cc2nc(-c3ccc(Br)cc3)no2)CC1. The number of likely N-dealkylation sites (tertiary alicyclic amines) is 1. The van der Waals surface area contributed by atoms with Gasteiger partial charge in [-0.1, -0.05) is 45.4 Å². The number of benzene rings is 3. The van der Waals surface area contributed by atoms with Crippen molar-refractivity contribution in [2.45, 2.75) is 32.5 Å². The summed E-state index contributed by atoms with van der Waals surface area (Å²) in [6, 6.07) is 21.7. The largest absolute Gasteiger partial charge is 0.489 e. The van der Waals surface area contributed by atoms with E-state index in [0.29, 0.717) is 31.4 Å². The summed E-state index contributed by atoms with van der Waals surface area (Å²) >= 11 is 3.43. The molecule has 1 aliphatic rings. The molecule has 1 N–H and O–H groups in total. The van der Waals surface area contributed by atoms with Gasteiger partial charge in [-0.3, -0.25) is 9.69 Å². The van der Waals surface area contributed by atoms with E-state index in [0.717, 1.165) is 52.8 Å². The van der Waals surface area contributed by atoms with E-state index in [-0.39, 0.29) is 17.6 Å². The summed E-state index contributed by atoms with van der Waals surface area (Å²) in [7, 11) is 0. The van der Waals surface area contributed by atoms with Crippen molar-refractivity contribution in [2.24, 2.45) is 5.92 Å². The van der Waals surface area contributed by atoms with Crippen LogP contribution in [0.4, 0.5) is 4.39 Å². The van der Waals surface area contributed by atoms with Crippen molar-refractivity contribution in [2.75, 3.05) is 13.1 Å². The third-order valence-electron chi connectivity index (χ3n) is 6.60. The summed E-state index contributed by atoms with van der Waals surface area (Å²) in [5.41, 5.74) is 2.81. The van der Waals surface area contributed by atoms with E-state index in [1.54, 1.807) is 12.1 Å². The second-order valence-corrected chi connectivity index (χ2v) is 10.3. The van der Waals surface area contributed by atoms with Gasteiger partial charge < -0.3 is 14.6 Å². The number of nitrogens with one attached hydrogen (secondary N) is 1. The number of piperidine rings is 1. The second-order valence-electron chi connectivity index (χ2n) is 9.35. The number of aromatic nitrogens is 2. The zero-order valence-corrected chi connectivity index (χ0v) is 22.4. The van der Waals surface area contributed by atoms with E-state index in [1.165, 1.54) is 12.1 Å². The fourth-order valence-corrected chi connectivity index (χ4v) is 4.63. The standard InChI is InChI=1S/C29H28BrFN4O3/c30-24-7-5-22(6-8-24)28-33-27(38-34-28)18-35-15-13-23(14-16-35)29(36)32-17-20-3-11-26(12-4-20)37-19-21-1-9-25(31)10-2-21/h1-12,23H,13-19H2,(H,32,36). The molecule has 1 saturated heterocycles. The zero-order valence-electron chi connectivity index (χ0n) is 20.8. The molecule has 1 aliphatic heterocycles. The first kappa shape index (κ1) is 26.1. The minimum absolute atomic E-state index is 0.00872. The molecule has 0 spiro atoms. The van der Waals surface area contributed by atoms with Gasteiger partial charge in [-0.05, 0) is 85.6 Å². The Morgan fingerprint density at radius 1 is 1.00 bits per heavy atom. The van der Waals surface area contributed by atoms with E-state index in [4.69, 9.17) is 9.26 Å². The molecular weight excluding hydrogens is 551 g/mol. The van der Waals surface area contributed by atoms with E-state index < -0.39 is 0 Å². The van der Waals surface area contributed by atoms with Crippen LogP contribution in [-0.2, 0) is 24.5 Å². The fraction of sp³-hybridized carbons (Fsp3) is 0.276. The molecule has 0 bridgehead atoms. The Balaban J connectivity index is 1.03. The minimum atomic E-state index is -0.263. The highest BCUT2D eigenvalue weighted by molar-refractivity contribution is 9.10. The van der Waals surface area contributed by atoms with E-state index in [1.807, 2.05) is 48.5 Å². The van der Waals surface area contributed by atoms with Crippen molar-refractivity contribution < 1.29 is 18.4 Å². The molecule has 1 amide bonds. The van der Waals surface area contributed by atoms with Crippen molar-refractivity contribution in [1.29, 1.82) is 0 Å². The van der Waals surface area contributed by atoms with Gasteiger partial charge in [-0.15, -0.1) is 0 Å². The fourth-order valence-electron chi connectivity index (χ4n) is 4.36. The zero-order chi connectivity index (χ0) is 26.3. The quantitative estimate of drug-likeness (QED) is 0.272. The van der Waals surface area contributed by atoms with Crippen LogP contribution in [0.25, 0.3) is 11.4 Å². The van der Waals surface area contributed by atoms with Crippen molar-refractivity contribution >= 4 is 21.8 Å². The summed E-state index contributed by atoms with van der Waals surface area (Å²) in [5.74, 6) is 1.69. The molecule has 2 heterocycles. The molecule has 0 saturated carbocycles. The summed E-state index contributed by atoms with van der Waals surface area (Å²) in [4.78, 5) is 19.5. The first-order valence-electron chi connectivity index (χ1n) is 12.6. The van der Waals surface area contributed by atoms with Crippen LogP contribution in [0.15, 0.2) is 81.8 Å². The number of nitrogens with zero attached hydrogens (tertiary/aromatic N) is 3. The summed E-state index contributed by atoms with van der Waals surface area (Å²) in [6.07, 6.45) is 1.57. The number of amides is 1. The van der Waals surface area contributed by atoms with Gasteiger partial charge in [0.1, 0.15) is 18.2 Å². The Morgan fingerprint density at radius 2 is 1.68 bits per heavy atom. The minimum Gasteiger partial charge on any atom is -0.489 e. The lowest BCUT2D eigenvalue weighted by atomic mass is 9.96. The van der Waals surface area contributed by atoms with Crippen molar-refractivity contribution in [1.82, 2.24) is 20.4 Å². The Morgan fingerprint density at radius 3 is 2.39 bits per heavy atom. The molecule has 0 aliphatic carbocycles. The number of halogens is 2. The second kappa shape index (κ2) is 12.3. The molecule has 38 heavy (non-hydrogen) atoms. The van der Waals surface area contributed by atoms with Crippen LogP contribution < -0.4 is 10.1 Å². The smallest absolute Gasteiger partial charge is 0.241 e. The average Bonchev–Trinajstić information content (AvgIpc) is 3.41. The number of rotatable bonds is 9. The lowest BCUT2D eigenvalue weighted by Crippen LogP contribution is -2.40. The predicted molar refractivity (Wildman–Crippen MR) is 144 cm³/mol.